The molecule has 28 heavy (non-hydrogen) atoms. The highest BCUT2D eigenvalue weighted by molar-refractivity contribution is 5.93. The van der Waals surface area contributed by atoms with Crippen LogP contribution < -0.4 is 10.1 Å². The van der Waals surface area contributed by atoms with Crippen molar-refractivity contribution < 1.29 is 13.9 Å². The summed E-state index contributed by atoms with van der Waals surface area (Å²) in [5.74, 6) is 1.10. The summed E-state index contributed by atoms with van der Waals surface area (Å²) in [6.07, 6.45) is 3.04. The summed E-state index contributed by atoms with van der Waals surface area (Å²) in [6.45, 7) is 2.40. The van der Waals surface area contributed by atoms with E-state index < -0.39 is 0 Å². The van der Waals surface area contributed by atoms with Gasteiger partial charge in [-0.1, -0.05) is 30.3 Å². The molecule has 6 heteroatoms. The number of carbonyl (C=O) groups excluding carboxylic acids is 1. The van der Waals surface area contributed by atoms with Gasteiger partial charge in [0.15, 0.2) is 0 Å². The molecule has 3 rings (SSSR count). The molecule has 2 atom stereocenters. The lowest BCUT2D eigenvalue weighted by Gasteiger charge is -2.22. The average molecular weight is 379 g/mol. The Morgan fingerprint density at radius 2 is 1.93 bits per heavy atom. The van der Waals surface area contributed by atoms with E-state index in [9.17, 15) is 4.79 Å². The van der Waals surface area contributed by atoms with Crippen LogP contribution in [-0.2, 0) is 0 Å². The first-order valence-corrected chi connectivity index (χ1v) is 9.20. The number of aromatic nitrogens is 1. The number of likely N-dealkylation sites (N-methyl/N-ethyl adjacent to an activating group) is 1. The Morgan fingerprint density at radius 1 is 1.14 bits per heavy atom. The summed E-state index contributed by atoms with van der Waals surface area (Å²) in [4.78, 5) is 18.7. The van der Waals surface area contributed by atoms with Crippen molar-refractivity contribution in [2.45, 2.75) is 19.1 Å². The number of carbonyl (C=O) groups is 1. The van der Waals surface area contributed by atoms with E-state index in [0.717, 1.165) is 11.3 Å². The highest BCUT2D eigenvalue weighted by Gasteiger charge is 2.18. The molecule has 0 radical (unpaired) electrons. The van der Waals surface area contributed by atoms with Crippen LogP contribution in [0.3, 0.4) is 0 Å². The molecular formula is C22H25N3O3. The van der Waals surface area contributed by atoms with Gasteiger partial charge in [0.2, 0.25) is 5.88 Å². The molecule has 0 aliphatic rings. The maximum Gasteiger partial charge on any atom is 0.252 e. The molecule has 0 aliphatic carbocycles. The van der Waals surface area contributed by atoms with E-state index in [2.05, 4.69) is 10.3 Å². The van der Waals surface area contributed by atoms with Crippen LogP contribution in [0, 0.1) is 0 Å². The van der Waals surface area contributed by atoms with Gasteiger partial charge in [-0.3, -0.25) is 9.69 Å². The Kier molecular flexibility index (Phi) is 6.45. The van der Waals surface area contributed by atoms with Gasteiger partial charge >= 0.3 is 0 Å². The number of pyridine rings is 1. The molecule has 1 aromatic carbocycles. The molecule has 0 unspecified atom stereocenters. The Morgan fingerprint density at radius 3 is 2.54 bits per heavy atom. The maximum atomic E-state index is 12.5. The molecule has 1 amide bonds. The van der Waals surface area contributed by atoms with Gasteiger partial charge in [-0.15, -0.1) is 0 Å². The molecule has 0 saturated heterocycles. The fourth-order valence-electron chi connectivity index (χ4n) is 2.87. The number of nitrogens with zero attached hydrogens (tertiary/aromatic N) is 2. The number of nitrogens with one attached hydrogen (secondary N) is 1. The fourth-order valence-corrected chi connectivity index (χ4v) is 2.87. The van der Waals surface area contributed by atoms with Crippen LogP contribution in [0.25, 0.3) is 0 Å². The van der Waals surface area contributed by atoms with Crippen LogP contribution in [0.15, 0.2) is 71.5 Å². The second-order valence-corrected chi connectivity index (χ2v) is 6.76. The van der Waals surface area contributed by atoms with E-state index in [0.29, 0.717) is 18.0 Å². The van der Waals surface area contributed by atoms with Gasteiger partial charge in [0.05, 0.1) is 17.9 Å². The summed E-state index contributed by atoms with van der Waals surface area (Å²) in [5.41, 5.74) is 1.55. The minimum atomic E-state index is -0.187. The lowest BCUT2D eigenvalue weighted by molar-refractivity contribution is 0.0938. The normalized spacial score (nSPS) is 13.1. The van der Waals surface area contributed by atoms with Crippen LogP contribution in [-0.4, -0.2) is 36.4 Å². The predicted molar refractivity (Wildman–Crippen MR) is 107 cm³/mol. The summed E-state index contributed by atoms with van der Waals surface area (Å²) >= 11 is 0. The number of ether oxygens (including phenoxy) is 1. The second kappa shape index (κ2) is 9.19. The van der Waals surface area contributed by atoms with Crippen LogP contribution >= 0.6 is 0 Å². The van der Waals surface area contributed by atoms with Crippen molar-refractivity contribution in [3.63, 3.8) is 0 Å². The van der Waals surface area contributed by atoms with Crippen molar-refractivity contribution in [2.75, 3.05) is 20.6 Å². The molecule has 3 aromatic rings. The summed E-state index contributed by atoms with van der Waals surface area (Å²) in [6, 6.07) is 17.1. The van der Waals surface area contributed by atoms with Crippen molar-refractivity contribution in [2.24, 2.45) is 0 Å². The molecule has 6 nitrogen and oxygen atoms in total. The summed E-state index contributed by atoms with van der Waals surface area (Å²) in [5, 5.41) is 2.93. The molecule has 2 heterocycles. The molecule has 0 saturated carbocycles. The monoisotopic (exact) mass is 379 g/mol. The van der Waals surface area contributed by atoms with Crippen LogP contribution in [0.2, 0.25) is 0 Å². The van der Waals surface area contributed by atoms with E-state index in [4.69, 9.17) is 9.15 Å². The number of rotatable bonds is 8. The highest BCUT2D eigenvalue weighted by Crippen LogP contribution is 2.20. The quantitative estimate of drug-likeness (QED) is 0.644. The lowest BCUT2D eigenvalue weighted by atomic mass is 10.1. The minimum absolute atomic E-state index is 0.0405. The third-order valence-corrected chi connectivity index (χ3v) is 4.52. The Labute approximate surface area is 165 Å². The minimum Gasteiger partial charge on any atom is -0.470 e. The lowest BCUT2D eigenvalue weighted by Crippen LogP contribution is -2.34. The number of hydrogen-bond acceptors (Lipinski definition) is 5. The smallest absolute Gasteiger partial charge is 0.252 e. The second-order valence-electron chi connectivity index (χ2n) is 6.76. The molecule has 0 bridgehead atoms. The van der Waals surface area contributed by atoms with E-state index >= 15 is 0 Å². The third kappa shape index (κ3) is 4.98. The van der Waals surface area contributed by atoms with Crippen LogP contribution in [0.1, 0.15) is 40.8 Å². The molecule has 0 fully saturated rings. The number of benzene rings is 1. The van der Waals surface area contributed by atoms with Crippen LogP contribution in [0.4, 0.5) is 0 Å². The van der Waals surface area contributed by atoms with Gasteiger partial charge in [-0.2, -0.15) is 0 Å². The maximum absolute atomic E-state index is 12.5. The van der Waals surface area contributed by atoms with Gasteiger partial charge in [-0.05, 0) is 44.8 Å². The van der Waals surface area contributed by atoms with Gasteiger partial charge in [0, 0.05) is 18.8 Å². The summed E-state index contributed by atoms with van der Waals surface area (Å²) in [7, 11) is 3.89. The van der Waals surface area contributed by atoms with Crippen molar-refractivity contribution >= 4 is 5.91 Å². The standard InChI is InChI=1S/C22H25N3O3/c1-16(17-8-5-4-6-9-17)28-21-12-11-18(14-23-21)22(26)24-15-19(25(2)3)20-10-7-13-27-20/h4-14,16,19H,15H2,1-3H3,(H,24,26)/t16-,19-/m0/s1. The fraction of sp³-hybridized carbons (Fsp3) is 0.273. The molecule has 146 valence electrons. The zero-order chi connectivity index (χ0) is 19.9. The predicted octanol–water partition coefficient (Wildman–Crippen LogP) is 3.85. The first kappa shape index (κ1) is 19.6. The molecule has 1 N–H and O–H groups in total. The third-order valence-electron chi connectivity index (χ3n) is 4.52. The SMILES string of the molecule is C[C@H](Oc1ccc(C(=O)NC[C@@H](c2ccco2)N(C)C)cn1)c1ccccc1. The Bertz CT molecular complexity index is 862. The number of hydrogen-bond donors (Lipinski definition) is 1. The number of amides is 1. The molecule has 0 aliphatic heterocycles. The van der Waals surface area contributed by atoms with Crippen LogP contribution in [0.5, 0.6) is 5.88 Å². The van der Waals surface area contributed by atoms with Gasteiger partial charge in [0.1, 0.15) is 11.9 Å². The van der Waals surface area contributed by atoms with Gasteiger partial charge < -0.3 is 14.5 Å². The van der Waals surface area contributed by atoms with E-state index in [-0.39, 0.29) is 18.1 Å². The largest absolute Gasteiger partial charge is 0.470 e. The Hall–Kier alpha value is -3.12. The molecule has 2 aromatic heterocycles. The van der Waals surface area contributed by atoms with E-state index in [1.54, 1.807) is 18.4 Å². The summed E-state index contributed by atoms with van der Waals surface area (Å²) < 4.78 is 11.3. The highest BCUT2D eigenvalue weighted by atomic mass is 16.5. The van der Waals surface area contributed by atoms with Crippen molar-refractivity contribution in [1.29, 1.82) is 0 Å². The van der Waals surface area contributed by atoms with Crippen molar-refractivity contribution in [1.82, 2.24) is 15.2 Å². The zero-order valence-electron chi connectivity index (χ0n) is 16.3. The zero-order valence-corrected chi connectivity index (χ0v) is 16.3. The van der Waals surface area contributed by atoms with Crippen molar-refractivity contribution in [3.05, 3.63) is 83.9 Å². The average Bonchev–Trinajstić information content (AvgIpc) is 3.23. The van der Waals surface area contributed by atoms with Gasteiger partial charge in [0.25, 0.3) is 5.91 Å². The Balaban J connectivity index is 1.57. The number of furan rings is 1. The first-order valence-electron chi connectivity index (χ1n) is 9.20. The van der Waals surface area contributed by atoms with Crippen molar-refractivity contribution in [3.8, 4) is 5.88 Å². The van der Waals surface area contributed by atoms with Gasteiger partial charge in [-0.25, -0.2) is 4.98 Å². The molecule has 0 spiro atoms. The first-order chi connectivity index (χ1) is 13.5. The molecular weight excluding hydrogens is 354 g/mol. The van der Waals surface area contributed by atoms with E-state index in [1.165, 1.54) is 6.20 Å². The topological polar surface area (TPSA) is 67.6 Å². The van der Waals surface area contributed by atoms with E-state index in [1.807, 2.05) is 68.4 Å².